The van der Waals surface area contributed by atoms with Gasteiger partial charge >= 0.3 is 0 Å². The Bertz CT molecular complexity index is 317. The third kappa shape index (κ3) is 7.00. The van der Waals surface area contributed by atoms with E-state index < -0.39 is 0 Å². The molecule has 18 heavy (non-hydrogen) atoms. The van der Waals surface area contributed by atoms with Crippen molar-refractivity contribution in [2.75, 3.05) is 19.7 Å². The van der Waals surface area contributed by atoms with E-state index in [-0.39, 0.29) is 0 Å². The van der Waals surface area contributed by atoms with Gasteiger partial charge in [-0.2, -0.15) is 0 Å². The lowest BCUT2D eigenvalue weighted by molar-refractivity contribution is 0.117. The van der Waals surface area contributed by atoms with Crippen molar-refractivity contribution in [2.24, 2.45) is 0 Å². The molecule has 0 unspecified atom stereocenters. The van der Waals surface area contributed by atoms with Crippen molar-refractivity contribution < 1.29 is 4.74 Å². The van der Waals surface area contributed by atoms with Crippen LogP contribution in [0.5, 0.6) is 0 Å². The molecular formula is C15H24ClNO. The summed E-state index contributed by atoms with van der Waals surface area (Å²) in [6.07, 6.45) is 4.92. The molecule has 1 N–H and O–H groups in total. The van der Waals surface area contributed by atoms with E-state index in [2.05, 4.69) is 12.2 Å². The van der Waals surface area contributed by atoms with Crippen LogP contribution in [0.4, 0.5) is 0 Å². The monoisotopic (exact) mass is 269 g/mol. The average molecular weight is 270 g/mol. The summed E-state index contributed by atoms with van der Waals surface area (Å²) >= 11 is 6.05. The van der Waals surface area contributed by atoms with Gasteiger partial charge in [-0.1, -0.05) is 49.6 Å². The van der Waals surface area contributed by atoms with Crippen LogP contribution in [0.1, 0.15) is 38.2 Å². The van der Waals surface area contributed by atoms with Gasteiger partial charge in [0.1, 0.15) is 0 Å². The molecule has 1 aromatic carbocycles. The van der Waals surface area contributed by atoms with Gasteiger partial charge in [0.15, 0.2) is 0 Å². The second-order valence-electron chi connectivity index (χ2n) is 4.41. The minimum atomic E-state index is 0.622. The Labute approximate surface area is 116 Å². The Hall–Kier alpha value is -0.570. The van der Waals surface area contributed by atoms with Crippen LogP contribution in [-0.4, -0.2) is 19.7 Å². The fourth-order valence-corrected chi connectivity index (χ4v) is 1.97. The Balaban J connectivity index is 1.94. The summed E-state index contributed by atoms with van der Waals surface area (Å²) in [5, 5.41) is 4.13. The molecule has 0 aromatic heterocycles. The van der Waals surface area contributed by atoms with Crippen LogP contribution in [0, 0.1) is 0 Å². The van der Waals surface area contributed by atoms with Crippen LogP contribution < -0.4 is 5.32 Å². The molecule has 0 bridgehead atoms. The standard InChI is InChI=1S/C15H24ClNO/c1-2-17-11-7-3-4-8-12-18-13-14-9-5-6-10-15(14)16/h5-6,9-10,17H,2-4,7-8,11-13H2,1H3. The SMILES string of the molecule is CCNCCCCCCOCc1ccccc1Cl. The quantitative estimate of drug-likeness (QED) is 0.648. The van der Waals surface area contributed by atoms with Gasteiger partial charge in [-0.15, -0.1) is 0 Å². The number of rotatable bonds is 10. The van der Waals surface area contributed by atoms with E-state index in [1.54, 1.807) is 0 Å². The highest BCUT2D eigenvalue weighted by atomic mass is 35.5. The topological polar surface area (TPSA) is 21.3 Å². The first-order valence-corrected chi connectivity index (χ1v) is 7.24. The first-order chi connectivity index (χ1) is 8.84. The lowest BCUT2D eigenvalue weighted by atomic mass is 10.2. The van der Waals surface area contributed by atoms with Crippen LogP contribution in [0.2, 0.25) is 5.02 Å². The molecule has 3 heteroatoms. The largest absolute Gasteiger partial charge is 0.377 e. The molecule has 1 rings (SSSR count). The lowest BCUT2D eigenvalue weighted by Crippen LogP contribution is -2.13. The zero-order chi connectivity index (χ0) is 13.1. The molecule has 2 nitrogen and oxygen atoms in total. The van der Waals surface area contributed by atoms with Crippen LogP contribution >= 0.6 is 11.6 Å². The van der Waals surface area contributed by atoms with Crippen molar-refractivity contribution in [2.45, 2.75) is 39.2 Å². The molecular weight excluding hydrogens is 246 g/mol. The van der Waals surface area contributed by atoms with E-state index in [1.807, 2.05) is 24.3 Å². The highest BCUT2D eigenvalue weighted by Gasteiger charge is 1.98. The summed E-state index contributed by atoms with van der Waals surface area (Å²) in [7, 11) is 0. The molecule has 102 valence electrons. The number of hydrogen-bond donors (Lipinski definition) is 1. The van der Waals surface area contributed by atoms with Crippen molar-refractivity contribution in [1.29, 1.82) is 0 Å². The number of unbranched alkanes of at least 4 members (excludes halogenated alkanes) is 3. The molecule has 0 aliphatic rings. The van der Waals surface area contributed by atoms with E-state index in [9.17, 15) is 0 Å². The number of hydrogen-bond acceptors (Lipinski definition) is 2. The normalized spacial score (nSPS) is 10.8. The highest BCUT2D eigenvalue weighted by Crippen LogP contribution is 2.15. The third-order valence-electron chi connectivity index (χ3n) is 2.86. The minimum Gasteiger partial charge on any atom is -0.377 e. The first kappa shape index (κ1) is 15.5. The molecule has 0 aliphatic carbocycles. The van der Waals surface area contributed by atoms with Gasteiger partial charge in [-0.25, -0.2) is 0 Å². The van der Waals surface area contributed by atoms with E-state index in [1.165, 1.54) is 19.3 Å². The Morgan fingerprint density at radius 3 is 2.67 bits per heavy atom. The summed E-state index contributed by atoms with van der Waals surface area (Å²) in [6, 6.07) is 7.85. The van der Waals surface area contributed by atoms with Gasteiger partial charge in [-0.3, -0.25) is 0 Å². The van der Waals surface area contributed by atoms with Gasteiger partial charge in [0.2, 0.25) is 0 Å². The molecule has 0 atom stereocenters. The zero-order valence-corrected chi connectivity index (χ0v) is 12.0. The van der Waals surface area contributed by atoms with Crippen molar-refractivity contribution >= 4 is 11.6 Å². The van der Waals surface area contributed by atoms with E-state index >= 15 is 0 Å². The van der Waals surface area contributed by atoms with E-state index in [0.717, 1.165) is 36.7 Å². The Morgan fingerprint density at radius 2 is 1.89 bits per heavy atom. The molecule has 0 aliphatic heterocycles. The molecule has 0 saturated heterocycles. The van der Waals surface area contributed by atoms with Crippen molar-refractivity contribution in [3.8, 4) is 0 Å². The van der Waals surface area contributed by atoms with Gasteiger partial charge in [0, 0.05) is 11.6 Å². The molecule has 0 saturated carbocycles. The first-order valence-electron chi connectivity index (χ1n) is 6.86. The lowest BCUT2D eigenvalue weighted by Gasteiger charge is -2.06. The van der Waals surface area contributed by atoms with Gasteiger partial charge < -0.3 is 10.1 Å². The van der Waals surface area contributed by atoms with Gasteiger partial charge in [-0.05, 0) is 37.6 Å². The maximum Gasteiger partial charge on any atom is 0.0731 e. The average Bonchev–Trinajstić information content (AvgIpc) is 2.39. The number of halogens is 1. The van der Waals surface area contributed by atoms with Crippen LogP contribution in [0.25, 0.3) is 0 Å². The van der Waals surface area contributed by atoms with Gasteiger partial charge in [0.05, 0.1) is 6.61 Å². The van der Waals surface area contributed by atoms with Gasteiger partial charge in [0.25, 0.3) is 0 Å². The summed E-state index contributed by atoms with van der Waals surface area (Å²) in [5.41, 5.74) is 1.08. The Kier molecular flexibility index (Phi) is 8.92. The smallest absolute Gasteiger partial charge is 0.0731 e. The molecule has 1 aromatic rings. The van der Waals surface area contributed by atoms with E-state index in [0.29, 0.717) is 6.61 Å². The fraction of sp³-hybridized carbons (Fsp3) is 0.600. The van der Waals surface area contributed by atoms with Crippen molar-refractivity contribution in [3.63, 3.8) is 0 Å². The predicted octanol–water partition coefficient (Wildman–Crippen LogP) is 4.03. The number of ether oxygens (including phenoxy) is 1. The Morgan fingerprint density at radius 1 is 1.11 bits per heavy atom. The predicted molar refractivity (Wildman–Crippen MR) is 78.1 cm³/mol. The summed E-state index contributed by atoms with van der Waals surface area (Å²) in [4.78, 5) is 0. The maximum atomic E-state index is 6.05. The summed E-state index contributed by atoms with van der Waals surface area (Å²) in [5.74, 6) is 0. The molecule has 0 radical (unpaired) electrons. The maximum absolute atomic E-state index is 6.05. The number of benzene rings is 1. The molecule has 0 spiro atoms. The zero-order valence-electron chi connectivity index (χ0n) is 11.3. The third-order valence-corrected chi connectivity index (χ3v) is 3.23. The van der Waals surface area contributed by atoms with E-state index in [4.69, 9.17) is 16.3 Å². The van der Waals surface area contributed by atoms with Crippen molar-refractivity contribution in [3.05, 3.63) is 34.9 Å². The number of nitrogens with one attached hydrogen (secondary N) is 1. The second-order valence-corrected chi connectivity index (χ2v) is 4.82. The molecule has 0 amide bonds. The van der Waals surface area contributed by atoms with Crippen LogP contribution in [-0.2, 0) is 11.3 Å². The van der Waals surface area contributed by atoms with Crippen molar-refractivity contribution in [1.82, 2.24) is 5.32 Å². The summed E-state index contributed by atoms with van der Waals surface area (Å²) < 4.78 is 5.63. The summed E-state index contributed by atoms with van der Waals surface area (Å²) in [6.45, 7) is 5.80. The second kappa shape index (κ2) is 10.4. The van der Waals surface area contributed by atoms with Crippen LogP contribution in [0.15, 0.2) is 24.3 Å². The minimum absolute atomic E-state index is 0.622. The molecule has 0 fully saturated rings. The van der Waals surface area contributed by atoms with Crippen LogP contribution in [0.3, 0.4) is 0 Å². The fourth-order valence-electron chi connectivity index (χ4n) is 1.78. The highest BCUT2D eigenvalue weighted by molar-refractivity contribution is 6.31. The molecule has 0 heterocycles.